The van der Waals surface area contributed by atoms with Crippen LogP contribution in [0.5, 0.6) is 0 Å². The Morgan fingerprint density at radius 3 is 2.19 bits per heavy atom. The minimum Gasteiger partial charge on any atom is -0.312 e. The zero-order valence-corrected chi connectivity index (χ0v) is 10.5. The van der Waals surface area contributed by atoms with Gasteiger partial charge in [0.1, 0.15) is 0 Å². The third-order valence-corrected chi connectivity index (χ3v) is 5.42. The molecule has 4 nitrogen and oxygen atoms in total. The smallest absolute Gasteiger partial charge is 0.213 e. The van der Waals surface area contributed by atoms with Crippen LogP contribution >= 0.6 is 0 Å². The van der Waals surface area contributed by atoms with Crippen LogP contribution in [-0.4, -0.2) is 26.3 Å². The molecule has 3 N–H and O–H groups in total. The highest BCUT2D eigenvalue weighted by molar-refractivity contribution is 7.89. The van der Waals surface area contributed by atoms with Crippen LogP contribution in [0.25, 0.3) is 0 Å². The van der Waals surface area contributed by atoms with Gasteiger partial charge in [0.2, 0.25) is 10.0 Å². The number of primary sulfonamides is 1. The van der Waals surface area contributed by atoms with Crippen molar-refractivity contribution in [3.8, 4) is 0 Å². The van der Waals surface area contributed by atoms with E-state index in [1.54, 1.807) is 0 Å². The van der Waals surface area contributed by atoms with E-state index >= 15 is 0 Å². The molecule has 2 fully saturated rings. The van der Waals surface area contributed by atoms with Crippen LogP contribution in [0, 0.1) is 5.92 Å². The van der Waals surface area contributed by atoms with E-state index in [1.807, 2.05) is 0 Å². The van der Waals surface area contributed by atoms with Gasteiger partial charge in [-0.05, 0) is 31.6 Å². The summed E-state index contributed by atoms with van der Waals surface area (Å²) in [4.78, 5) is 0. The molecule has 16 heavy (non-hydrogen) atoms. The highest BCUT2D eigenvalue weighted by atomic mass is 32.2. The molecule has 0 amide bonds. The van der Waals surface area contributed by atoms with Crippen LogP contribution in [0.3, 0.4) is 0 Å². The van der Waals surface area contributed by atoms with Gasteiger partial charge in [-0.1, -0.05) is 19.3 Å². The summed E-state index contributed by atoms with van der Waals surface area (Å²) in [6, 6.07) is 0.526. The van der Waals surface area contributed by atoms with Crippen LogP contribution in [0.1, 0.15) is 44.9 Å². The second kappa shape index (κ2) is 5.02. The molecular weight excluding hydrogens is 224 g/mol. The van der Waals surface area contributed by atoms with Crippen molar-refractivity contribution in [3.05, 3.63) is 0 Å². The van der Waals surface area contributed by atoms with Crippen molar-refractivity contribution in [1.82, 2.24) is 5.32 Å². The fourth-order valence-electron chi connectivity index (χ4n) is 3.07. The van der Waals surface area contributed by atoms with E-state index in [1.165, 1.54) is 32.1 Å². The van der Waals surface area contributed by atoms with Crippen LogP contribution in [0.4, 0.5) is 0 Å². The van der Waals surface area contributed by atoms with Crippen LogP contribution < -0.4 is 10.5 Å². The number of piperidine rings is 1. The summed E-state index contributed by atoms with van der Waals surface area (Å²) in [5, 5.41) is 8.18. The normalized spacial score (nSPS) is 33.8. The first kappa shape index (κ1) is 12.3. The molecular formula is C11H22N2O2S. The molecule has 1 aliphatic carbocycles. The Hall–Kier alpha value is -0.130. The fraction of sp³-hybridized carbons (Fsp3) is 1.00. The lowest BCUT2D eigenvalue weighted by atomic mass is 9.81. The van der Waals surface area contributed by atoms with Gasteiger partial charge in [0.25, 0.3) is 0 Å². The molecule has 2 atom stereocenters. The molecule has 0 aromatic rings. The Kier molecular flexibility index (Phi) is 3.87. The molecule has 94 valence electrons. The van der Waals surface area contributed by atoms with Gasteiger partial charge in [-0.15, -0.1) is 0 Å². The van der Waals surface area contributed by atoms with Crippen molar-refractivity contribution in [2.24, 2.45) is 11.1 Å². The lowest BCUT2D eigenvalue weighted by Crippen LogP contribution is -2.49. The number of hydrogen-bond acceptors (Lipinski definition) is 3. The first-order valence-electron chi connectivity index (χ1n) is 6.32. The van der Waals surface area contributed by atoms with Crippen molar-refractivity contribution < 1.29 is 8.42 Å². The van der Waals surface area contributed by atoms with E-state index in [2.05, 4.69) is 5.32 Å². The summed E-state index contributed by atoms with van der Waals surface area (Å²) in [7, 11) is -3.34. The number of nitrogens with one attached hydrogen (secondary N) is 1. The SMILES string of the molecule is NS(=O)(=O)C1CCC(C2CCCCC2)NC1. The summed E-state index contributed by atoms with van der Waals surface area (Å²) in [5.74, 6) is 0.759. The maximum atomic E-state index is 11.2. The van der Waals surface area contributed by atoms with Gasteiger partial charge in [0, 0.05) is 12.6 Å². The molecule has 0 spiro atoms. The maximum absolute atomic E-state index is 11.2. The number of sulfonamides is 1. The van der Waals surface area contributed by atoms with Gasteiger partial charge < -0.3 is 5.32 Å². The zero-order valence-electron chi connectivity index (χ0n) is 9.69. The first-order valence-corrected chi connectivity index (χ1v) is 7.93. The van der Waals surface area contributed by atoms with Crippen molar-refractivity contribution in [3.63, 3.8) is 0 Å². The molecule has 1 saturated carbocycles. The number of hydrogen-bond donors (Lipinski definition) is 2. The van der Waals surface area contributed by atoms with E-state index in [9.17, 15) is 8.42 Å². The lowest BCUT2D eigenvalue weighted by molar-refractivity contribution is 0.235. The van der Waals surface area contributed by atoms with Crippen molar-refractivity contribution in [2.45, 2.75) is 56.2 Å². The summed E-state index contributed by atoms with van der Waals surface area (Å²) >= 11 is 0. The quantitative estimate of drug-likeness (QED) is 0.763. The molecule has 0 bridgehead atoms. The van der Waals surface area contributed by atoms with Gasteiger partial charge in [-0.2, -0.15) is 0 Å². The molecule has 0 aromatic carbocycles. The maximum Gasteiger partial charge on any atom is 0.213 e. The molecule has 1 aliphatic heterocycles. The van der Waals surface area contributed by atoms with Crippen LogP contribution in [0.15, 0.2) is 0 Å². The monoisotopic (exact) mass is 246 g/mol. The van der Waals surface area contributed by atoms with E-state index in [4.69, 9.17) is 5.14 Å². The standard InChI is InChI=1S/C11H22N2O2S/c12-16(14,15)10-6-7-11(13-8-10)9-4-2-1-3-5-9/h9-11,13H,1-8H2,(H2,12,14,15). The molecule has 0 aromatic heterocycles. The first-order chi connectivity index (χ1) is 7.57. The highest BCUT2D eigenvalue weighted by Gasteiger charge is 2.32. The second-order valence-electron chi connectivity index (χ2n) is 5.20. The molecule has 5 heteroatoms. The van der Waals surface area contributed by atoms with Crippen molar-refractivity contribution in [2.75, 3.05) is 6.54 Å². The Bertz CT molecular complexity index is 315. The minimum absolute atomic E-state index is 0.368. The third-order valence-electron chi connectivity index (χ3n) is 4.09. The predicted octanol–water partition coefficient (Wildman–Crippen LogP) is 0.976. The lowest BCUT2D eigenvalue weighted by Gasteiger charge is -2.36. The Morgan fingerprint density at radius 1 is 1.00 bits per heavy atom. The molecule has 1 heterocycles. The van der Waals surface area contributed by atoms with Crippen LogP contribution in [0.2, 0.25) is 0 Å². The molecule has 0 radical (unpaired) electrons. The number of rotatable bonds is 2. The molecule has 2 aliphatic rings. The van der Waals surface area contributed by atoms with Gasteiger partial charge in [0.05, 0.1) is 5.25 Å². The molecule has 2 rings (SSSR count). The fourth-order valence-corrected chi connectivity index (χ4v) is 3.86. The second-order valence-corrected chi connectivity index (χ2v) is 7.05. The Labute approximate surface area is 98.0 Å². The Morgan fingerprint density at radius 2 is 1.69 bits per heavy atom. The van der Waals surface area contributed by atoms with E-state index in [-0.39, 0.29) is 5.25 Å². The van der Waals surface area contributed by atoms with E-state index in [0.717, 1.165) is 18.8 Å². The summed E-state index contributed by atoms with van der Waals surface area (Å²) in [6.07, 6.45) is 8.33. The van der Waals surface area contributed by atoms with Crippen molar-refractivity contribution >= 4 is 10.0 Å². The van der Waals surface area contributed by atoms with Gasteiger partial charge in [-0.3, -0.25) is 0 Å². The number of nitrogens with two attached hydrogens (primary N) is 1. The Balaban J connectivity index is 1.85. The summed E-state index contributed by atoms with van der Waals surface area (Å²) in [6.45, 7) is 0.542. The zero-order chi connectivity index (χ0) is 11.6. The van der Waals surface area contributed by atoms with E-state index < -0.39 is 10.0 Å². The van der Waals surface area contributed by atoms with Crippen LogP contribution in [-0.2, 0) is 10.0 Å². The molecule has 2 unspecified atom stereocenters. The summed E-state index contributed by atoms with van der Waals surface area (Å²) < 4.78 is 22.4. The van der Waals surface area contributed by atoms with Gasteiger partial charge in [0.15, 0.2) is 0 Å². The largest absolute Gasteiger partial charge is 0.312 e. The highest BCUT2D eigenvalue weighted by Crippen LogP contribution is 2.30. The topological polar surface area (TPSA) is 72.2 Å². The average Bonchev–Trinajstić information content (AvgIpc) is 2.29. The predicted molar refractivity (Wildman–Crippen MR) is 64.5 cm³/mol. The van der Waals surface area contributed by atoms with Gasteiger partial charge in [-0.25, -0.2) is 13.6 Å². The van der Waals surface area contributed by atoms with E-state index in [0.29, 0.717) is 12.6 Å². The average molecular weight is 246 g/mol. The van der Waals surface area contributed by atoms with Crippen molar-refractivity contribution in [1.29, 1.82) is 0 Å². The molecule has 1 saturated heterocycles. The summed E-state index contributed by atoms with van der Waals surface area (Å²) in [5.41, 5.74) is 0. The third kappa shape index (κ3) is 2.96. The van der Waals surface area contributed by atoms with Gasteiger partial charge >= 0.3 is 0 Å². The minimum atomic E-state index is -3.34.